The number of aromatic nitrogens is 4. The first-order valence-electron chi connectivity index (χ1n) is 17.6. The fourth-order valence-electron chi connectivity index (χ4n) is 5.30. The lowest BCUT2D eigenvalue weighted by Crippen LogP contribution is -2.25. The number of halogens is 9. The number of ether oxygens (including phenoxy) is 2. The van der Waals surface area contributed by atoms with Crippen molar-refractivity contribution in [1.29, 1.82) is 0 Å². The molecular weight excluding hydrogens is 929 g/mol. The van der Waals surface area contributed by atoms with Gasteiger partial charge in [-0.05, 0) is 61.4 Å². The highest BCUT2D eigenvalue weighted by Crippen LogP contribution is 2.37. The summed E-state index contributed by atoms with van der Waals surface area (Å²) in [4.78, 5) is 40.9. The summed E-state index contributed by atoms with van der Waals surface area (Å²) in [5.41, 5.74) is 5.44. The van der Waals surface area contributed by atoms with Gasteiger partial charge in [0.25, 0.3) is 11.8 Å². The average molecular weight is 964 g/mol. The van der Waals surface area contributed by atoms with Crippen molar-refractivity contribution in [2.24, 2.45) is 5.73 Å². The summed E-state index contributed by atoms with van der Waals surface area (Å²) in [6, 6.07) is 15.9. The molecular formula is C39H35Cl3F6N8O4S2. The Kier molecular flexibility index (Phi) is 17.0. The van der Waals surface area contributed by atoms with Crippen molar-refractivity contribution in [3.8, 4) is 11.5 Å². The molecule has 5 N–H and O–H groups in total. The van der Waals surface area contributed by atoms with Crippen molar-refractivity contribution in [1.82, 2.24) is 25.3 Å². The SMILES string of the molecule is COc1ccc(C(N[C@H](C)c2ncc(C(=O)Nc3cc(C(F)(F)F)c(Cl)cn3)s2)c2ccc(OC)cc2)cc1.C[C@@H](N)c1ncc(C(=O)Nc2cc(C(F)(F)F)c(Cl)cn2)s1.Cl. The predicted molar refractivity (Wildman–Crippen MR) is 228 cm³/mol. The number of nitrogens with two attached hydrogens (primary N) is 1. The molecule has 6 aromatic rings. The Labute approximate surface area is 374 Å². The van der Waals surface area contributed by atoms with E-state index in [1.54, 1.807) is 21.1 Å². The van der Waals surface area contributed by atoms with Crippen LogP contribution in [0.1, 0.15) is 83.6 Å². The van der Waals surface area contributed by atoms with Crippen LogP contribution in [0.4, 0.5) is 38.0 Å². The molecule has 12 nitrogen and oxygen atoms in total. The molecule has 0 spiro atoms. The number of alkyl halides is 6. The van der Waals surface area contributed by atoms with E-state index in [4.69, 9.17) is 38.4 Å². The van der Waals surface area contributed by atoms with Crippen LogP contribution in [0.2, 0.25) is 10.0 Å². The van der Waals surface area contributed by atoms with Gasteiger partial charge in [-0.25, -0.2) is 19.9 Å². The number of thiazole rings is 2. The van der Waals surface area contributed by atoms with Crippen LogP contribution in [-0.4, -0.2) is 46.0 Å². The minimum atomic E-state index is -4.68. The molecule has 23 heteroatoms. The van der Waals surface area contributed by atoms with E-state index in [1.165, 1.54) is 12.4 Å². The van der Waals surface area contributed by atoms with Gasteiger partial charge in [-0.3, -0.25) is 14.9 Å². The van der Waals surface area contributed by atoms with Crippen LogP contribution >= 0.6 is 58.3 Å². The number of benzene rings is 2. The number of amides is 2. The maximum atomic E-state index is 13.2. The second-order valence-corrected chi connectivity index (χ2v) is 15.7. The molecule has 0 aliphatic carbocycles. The lowest BCUT2D eigenvalue weighted by Gasteiger charge is -2.24. The molecule has 2 atom stereocenters. The smallest absolute Gasteiger partial charge is 0.418 e. The molecule has 0 aliphatic heterocycles. The Morgan fingerprint density at radius 1 is 0.661 bits per heavy atom. The number of hydrogen-bond donors (Lipinski definition) is 4. The maximum Gasteiger partial charge on any atom is 0.418 e. The minimum absolute atomic E-state index is 0. The number of nitrogens with zero attached hydrogens (tertiary/aromatic N) is 4. The highest BCUT2D eigenvalue weighted by molar-refractivity contribution is 7.14. The second kappa shape index (κ2) is 21.3. The zero-order valence-electron chi connectivity index (χ0n) is 32.6. The molecule has 0 saturated heterocycles. The van der Waals surface area contributed by atoms with E-state index in [0.717, 1.165) is 57.7 Å². The third-order valence-corrected chi connectivity index (χ3v) is 11.4. The molecule has 4 heterocycles. The van der Waals surface area contributed by atoms with Gasteiger partial charge in [-0.1, -0.05) is 47.5 Å². The Morgan fingerprint density at radius 3 is 1.40 bits per heavy atom. The molecule has 0 radical (unpaired) electrons. The molecule has 62 heavy (non-hydrogen) atoms. The van der Waals surface area contributed by atoms with Crippen molar-refractivity contribution in [2.45, 2.75) is 44.3 Å². The van der Waals surface area contributed by atoms with Crippen LogP contribution in [0.25, 0.3) is 0 Å². The number of hydrogen-bond acceptors (Lipinski definition) is 12. The second-order valence-electron chi connectivity index (χ2n) is 12.8. The number of nitrogens with one attached hydrogen (secondary N) is 3. The highest BCUT2D eigenvalue weighted by atomic mass is 35.5. The maximum absolute atomic E-state index is 13.2. The van der Waals surface area contributed by atoms with E-state index in [9.17, 15) is 35.9 Å². The molecule has 6 rings (SSSR count). The molecule has 0 saturated carbocycles. The summed E-state index contributed by atoms with van der Waals surface area (Å²) >= 11 is 13.2. The summed E-state index contributed by atoms with van der Waals surface area (Å²) in [6.07, 6.45) is -4.94. The molecule has 2 amide bonds. The van der Waals surface area contributed by atoms with Gasteiger partial charge in [0.15, 0.2) is 0 Å². The summed E-state index contributed by atoms with van der Waals surface area (Å²) < 4.78 is 88.2. The zero-order chi connectivity index (χ0) is 44.6. The Balaban J connectivity index is 0.000000312. The van der Waals surface area contributed by atoms with Crippen molar-refractivity contribution in [2.75, 3.05) is 24.9 Å². The fourth-order valence-corrected chi connectivity index (χ4v) is 7.31. The Hall–Kier alpha value is -5.09. The van der Waals surface area contributed by atoms with Crippen molar-refractivity contribution < 1.29 is 45.4 Å². The van der Waals surface area contributed by atoms with E-state index in [1.807, 2.05) is 55.5 Å². The van der Waals surface area contributed by atoms with Crippen LogP contribution < -0.4 is 31.2 Å². The van der Waals surface area contributed by atoms with Gasteiger partial charge in [-0.2, -0.15) is 26.3 Å². The van der Waals surface area contributed by atoms with Gasteiger partial charge in [0, 0.05) is 12.4 Å². The van der Waals surface area contributed by atoms with Gasteiger partial charge in [0.05, 0.1) is 65.9 Å². The first-order chi connectivity index (χ1) is 28.8. The standard InChI is InChI=1S/C27H24ClF3N4O3S.C12H10ClF3N4OS.ClH/c1-15(34-24(16-4-8-18(37-2)9-5-16)17-6-10-19(38-3)11-7-17)26-33-14-22(39-26)25(36)35-23-12-20(27(29,30)31)21(28)13-32-23;1-5(17)11-19-4-8(22-11)10(21)20-9-2-6(12(14,15)16)7(13)3-18-9;/h4-15,24,34H,1-3H3,(H,32,35,36);2-5H,17H2,1H3,(H,18,20,21);1H/t15-;5-;/m11./s1. The number of rotatable bonds is 12. The monoisotopic (exact) mass is 962 g/mol. The van der Waals surface area contributed by atoms with E-state index in [-0.39, 0.29) is 51.9 Å². The van der Waals surface area contributed by atoms with Gasteiger partial charge in [0.1, 0.15) is 42.9 Å². The normalized spacial score (nSPS) is 12.4. The van der Waals surface area contributed by atoms with E-state index < -0.39 is 45.3 Å². The van der Waals surface area contributed by atoms with Crippen molar-refractivity contribution in [3.63, 3.8) is 0 Å². The first-order valence-corrected chi connectivity index (χ1v) is 19.9. The summed E-state index contributed by atoms with van der Waals surface area (Å²) in [7, 11) is 3.20. The quantitative estimate of drug-likeness (QED) is 0.0867. The lowest BCUT2D eigenvalue weighted by molar-refractivity contribution is -0.138. The van der Waals surface area contributed by atoms with Gasteiger partial charge < -0.3 is 25.8 Å². The largest absolute Gasteiger partial charge is 0.497 e. The number of carbonyl (C=O) groups is 2. The molecule has 0 unspecified atom stereocenters. The van der Waals surface area contributed by atoms with E-state index >= 15 is 0 Å². The van der Waals surface area contributed by atoms with Crippen LogP contribution in [-0.2, 0) is 12.4 Å². The fraction of sp³-hybridized carbons (Fsp3) is 0.231. The number of carbonyl (C=O) groups excluding carboxylic acids is 2. The van der Waals surface area contributed by atoms with Gasteiger partial charge in [-0.15, -0.1) is 35.1 Å². The van der Waals surface area contributed by atoms with Crippen LogP contribution in [0.5, 0.6) is 11.5 Å². The van der Waals surface area contributed by atoms with Gasteiger partial charge in [0.2, 0.25) is 0 Å². The zero-order valence-corrected chi connectivity index (χ0v) is 36.5. The molecule has 0 aliphatic rings. The van der Waals surface area contributed by atoms with Crippen LogP contribution in [0, 0.1) is 0 Å². The van der Waals surface area contributed by atoms with E-state index in [0.29, 0.717) is 22.1 Å². The summed E-state index contributed by atoms with van der Waals surface area (Å²) in [6.45, 7) is 3.62. The Bertz CT molecular complexity index is 2410. The van der Waals surface area contributed by atoms with Crippen molar-refractivity contribution >= 4 is 81.7 Å². The molecule has 2 aromatic carbocycles. The van der Waals surface area contributed by atoms with Crippen LogP contribution in [0.15, 0.2) is 85.5 Å². The third kappa shape index (κ3) is 13.0. The lowest BCUT2D eigenvalue weighted by atomic mass is 9.97. The van der Waals surface area contributed by atoms with Crippen molar-refractivity contribution in [3.05, 3.63) is 138 Å². The Morgan fingerprint density at radius 2 is 1.05 bits per heavy atom. The van der Waals surface area contributed by atoms with Crippen LogP contribution in [0.3, 0.4) is 0 Å². The number of methoxy groups -OCH3 is 2. The summed E-state index contributed by atoms with van der Waals surface area (Å²) in [5, 5.41) is 8.28. The minimum Gasteiger partial charge on any atom is -0.497 e. The first kappa shape index (κ1) is 49.6. The average Bonchev–Trinajstić information content (AvgIpc) is 3.93. The molecule has 4 aromatic heterocycles. The molecule has 330 valence electrons. The predicted octanol–water partition coefficient (Wildman–Crippen LogP) is 10.8. The summed E-state index contributed by atoms with van der Waals surface area (Å²) in [5.74, 6) is -0.306. The molecule has 0 bridgehead atoms. The molecule has 0 fully saturated rings. The highest BCUT2D eigenvalue weighted by Gasteiger charge is 2.35. The number of pyridine rings is 2. The van der Waals surface area contributed by atoms with Gasteiger partial charge >= 0.3 is 12.4 Å². The third-order valence-electron chi connectivity index (χ3n) is 8.37. The number of anilines is 2. The topological polar surface area (TPSA) is 166 Å². The van der Waals surface area contributed by atoms with E-state index in [2.05, 4.69) is 35.9 Å².